The van der Waals surface area contributed by atoms with Crippen LogP contribution in [0, 0.1) is 6.92 Å². The fourth-order valence-corrected chi connectivity index (χ4v) is 2.15. The molecule has 18 heavy (non-hydrogen) atoms. The Labute approximate surface area is 108 Å². The lowest BCUT2D eigenvalue weighted by Crippen LogP contribution is -2.01. The number of hydrogen-bond acceptors (Lipinski definition) is 5. The Balaban J connectivity index is 2.31. The van der Waals surface area contributed by atoms with Crippen LogP contribution in [-0.2, 0) is 11.8 Å². The van der Waals surface area contributed by atoms with E-state index in [9.17, 15) is 4.79 Å². The lowest BCUT2D eigenvalue weighted by Gasteiger charge is -2.04. The van der Waals surface area contributed by atoms with Crippen LogP contribution in [0.25, 0.3) is 11.4 Å². The van der Waals surface area contributed by atoms with Gasteiger partial charge < -0.3 is 9.67 Å². The van der Waals surface area contributed by atoms with Gasteiger partial charge in [0.2, 0.25) is 0 Å². The zero-order chi connectivity index (χ0) is 13.1. The fraction of sp³-hybridized carbons (Fsp3) is 0.273. The zero-order valence-corrected chi connectivity index (χ0v) is 10.8. The van der Waals surface area contributed by atoms with Gasteiger partial charge in [0, 0.05) is 24.5 Å². The van der Waals surface area contributed by atoms with Crippen molar-refractivity contribution in [1.82, 2.24) is 19.7 Å². The number of aromatic nitrogens is 4. The second kappa shape index (κ2) is 5.18. The van der Waals surface area contributed by atoms with Crippen LogP contribution in [0.4, 0.5) is 0 Å². The summed E-state index contributed by atoms with van der Waals surface area (Å²) in [6.45, 7) is 1.90. The van der Waals surface area contributed by atoms with Crippen LogP contribution in [0.2, 0.25) is 0 Å². The highest BCUT2D eigenvalue weighted by molar-refractivity contribution is 7.99. The molecule has 0 atom stereocenters. The summed E-state index contributed by atoms with van der Waals surface area (Å²) in [6.07, 6.45) is 1.72. The normalized spacial score (nSPS) is 10.6. The third kappa shape index (κ3) is 2.51. The van der Waals surface area contributed by atoms with Crippen molar-refractivity contribution in [1.29, 1.82) is 0 Å². The van der Waals surface area contributed by atoms with Gasteiger partial charge in [-0.25, -0.2) is 0 Å². The van der Waals surface area contributed by atoms with Crippen molar-refractivity contribution in [2.24, 2.45) is 7.05 Å². The van der Waals surface area contributed by atoms with Crippen LogP contribution >= 0.6 is 11.8 Å². The Kier molecular flexibility index (Phi) is 3.61. The summed E-state index contributed by atoms with van der Waals surface area (Å²) < 4.78 is 1.78. The van der Waals surface area contributed by atoms with Crippen LogP contribution in [-0.4, -0.2) is 36.6 Å². The molecule has 1 N–H and O–H groups in total. The number of aliphatic carboxylic acids is 1. The summed E-state index contributed by atoms with van der Waals surface area (Å²) >= 11 is 1.15. The maximum atomic E-state index is 10.5. The third-order valence-corrected chi connectivity index (χ3v) is 3.41. The number of carboxylic acid groups (broad SMARTS) is 1. The van der Waals surface area contributed by atoms with Crippen molar-refractivity contribution in [3.63, 3.8) is 0 Å². The molecule has 6 nitrogen and oxygen atoms in total. The van der Waals surface area contributed by atoms with E-state index in [1.54, 1.807) is 10.8 Å². The van der Waals surface area contributed by atoms with Crippen LogP contribution in [0.3, 0.4) is 0 Å². The Morgan fingerprint density at radius 1 is 1.50 bits per heavy atom. The van der Waals surface area contributed by atoms with E-state index in [0.717, 1.165) is 23.0 Å². The summed E-state index contributed by atoms with van der Waals surface area (Å²) in [5.74, 6) is -0.214. The summed E-state index contributed by atoms with van der Waals surface area (Å²) in [5, 5.41) is 17.3. The molecule has 0 unspecified atom stereocenters. The van der Waals surface area contributed by atoms with Crippen LogP contribution in [0.1, 0.15) is 5.69 Å². The van der Waals surface area contributed by atoms with Crippen molar-refractivity contribution in [2.45, 2.75) is 12.1 Å². The van der Waals surface area contributed by atoms with E-state index < -0.39 is 5.97 Å². The molecule has 2 rings (SSSR count). The van der Waals surface area contributed by atoms with Gasteiger partial charge in [0.05, 0.1) is 5.75 Å². The Morgan fingerprint density at radius 2 is 2.28 bits per heavy atom. The van der Waals surface area contributed by atoms with Gasteiger partial charge in [-0.1, -0.05) is 11.8 Å². The maximum absolute atomic E-state index is 10.5. The van der Waals surface area contributed by atoms with Gasteiger partial charge in [0.25, 0.3) is 0 Å². The summed E-state index contributed by atoms with van der Waals surface area (Å²) in [5.41, 5.74) is 1.76. The first-order valence-corrected chi connectivity index (χ1v) is 6.24. The second-order valence-corrected chi connectivity index (χ2v) is 4.63. The van der Waals surface area contributed by atoms with Crippen LogP contribution in [0.15, 0.2) is 23.5 Å². The van der Waals surface area contributed by atoms with E-state index in [2.05, 4.69) is 15.2 Å². The lowest BCUT2D eigenvalue weighted by atomic mass is 10.2. The monoisotopic (exact) mass is 264 g/mol. The molecule has 0 aliphatic rings. The zero-order valence-electron chi connectivity index (χ0n) is 9.99. The molecule has 94 valence electrons. The van der Waals surface area contributed by atoms with Crippen molar-refractivity contribution >= 4 is 17.7 Å². The Hall–Kier alpha value is -1.89. The molecular weight excluding hydrogens is 252 g/mol. The lowest BCUT2D eigenvalue weighted by molar-refractivity contribution is -0.133. The number of hydrogen-bond donors (Lipinski definition) is 1. The summed E-state index contributed by atoms with van der Waals surface area (Å²) in [7, 11) is 1.81. The molecule has 0 saturated carbocycles. The summed E-state index contributed by atoms with van der Waals surface area (Å²) in [6, 6.07) is 3.75. The average Bonchev–Trinajstić information content (AvgIpc) is 2.69. The fourth-order valence-electron chi connectivity index (χ4n) is 1.52. The molecule has 0 aliphatic carbocycles. The molecule has 2 aromatic heterocycles. The molecule has 0 aliphatic heterocycles. The van der Waals surface area contributed by atoms with Crippen LogP contribution in [0.5, 0.6) is 0 Å². The maximum Gasteiger partial charge on any atom is 0.313 e. The quantitative estimate of drug-likeness (QED) is 0.840. The first-order valence-electron chi connectivity index (χ1n) is 5.25. The van der Waals surface area contributed by atoms with Crippen molar-refractivity contribution < 1.29 is 9.90 Å². The predicted octanol–water partition coefficient (Wildman–Crippen LogP) is 1.36. The largest absolute Gasteiger partial charge is 0.481 e. The minimum absolute atomic E-state index is 0.0298. The van der Waals surface area contributed by atoms with E-state index in [1.807, 2.05) is 26.1 Å². The van der Waals surface area contributed by atoms with Crippen molar-refractivity contribution in [3.05, 3.63) is 24.0 Å². The molecular formula is C11H12N4O2S. The molecule has 0 saturated heterocycles. The molecule has 2 heterocycles. The minimum atomic E-state index is -0.873. The number of nitrogens with zero attached hydrogens (tertiary/aromatic N) is 4. The van der Waals surface area contributed by atoms with E-state index in [1.165, 1.54) is 0 Å². The molecule has 0 spiro atoms. The van der Waals surface area contributed by atoms with Crippen LogP contribution < -0.4 is 0 Å². The number of carboxylic acids is 1. The number of aryl methyl sites for hydroxylation is 1. The molecule has 0 aromatic carbocycles. The highest BCUT2D eigenvalue weighted by atomic mass is 32.2. The Bertz CT molecular complexity index is 582. The van der Waals surface area contributed by atoms with Crippen molar-refractivity contribution in [2.75, 3.05) is 5.75 Å². The predicted molar refractivity (Wildman–Crippen MR) is 67.3 cm³/mol. The standard InChI is InChI=1S/C11H12N4O2S/c1-7-8(4-3-5-12-7)10-13-14-11(15(10)2)18-6-9(16)17/h3-5H,6H2,1-2H3,(H,16,17). The Morgan fingerprint density at radius 3 is 2.94 bits per heavy atom. The topological polar surface area (TPSA) is 80.9 Å². The minimum Gasteiger partial charge on any atom is -0.481 e. The van der Waals surface area contributed by atoms with E-state index in [0.29, 0.717) is 11.0 Å². The first-order chi connectivity index (χ1) is 8.59. The number of rotatable bonds is 4. The number of carbonyl (C=O) groups is 1. The van der Waals surface area contributed by atoms with Gasteiger partial charge >= 0.3 is 5.97 Å². The van der Waals surface area contributed by atoms with E-state index in [-0.39, 0.29) is 5.75 Å². The third-order valence-electron chi connectivity index (χ3n) is 2.41. The first kappa shape index (κ1) is 12.6. The molecule has 0 radical (unpaired) electrons. The highest BCUT2D eigenvalue weighted by Gasteiger charge is 2.14. The van der Waals surface area contributed by atoms with Gasteiger partial charge in [-0.2, -0.15) is 0 Å². The molecule has 0 fully saturated rings. The second-order valence-electron chi connectivity index (χ2n) is 3.68. The molecule has 7 heteroatoms. The highest BCUT2D eigenvalue weighted by Crippen LogP contribution is 2.23. The molecule has 2 aromatic rings. The van der Waals surface area contributed by atoms with Gasteiger partial charge in [0.1, 0.15) is 0 Å². The van der Waals surface area contributed by atoms with E-state index >= 15 is 0 Å². The molecule has 0 amide bonds. The number of pyridine rings is 1. The van der Waals surface area contributed by atoms with Gasteiger partial charge in [-0.3, -0.25) is 9.78 Å². The van der Waals surface area contributed by atoms with Crippen molar-refractivity contribution in [3.8, 4) is 11.4 Å². The van der Waals surface area contributed by atoms with E-state index in [4.69, 9.17) is 5.11 Å². The smallest absolute Gasteiger partial charge is 0.313 e. The molecule has 0 bridgehead atoms. The van der Waals surface area contributed by atoms with Gasteiger partial charge in [0.15, 0.2) is 11.0 Å². The average molecular weight is 264 g/mol. The number of thioether (sulfide) groups is 1. The SMILES string of the molecule is Cc1ncccc1-c1nnc(SCC(=O)O)n1C. The van der Waals surface area contributed by atoms with Gasteiger partial charge in [-0.15, -0.1) is 10.2 Å². The summed E-state index contributed by atoms with van der Waals surface area (Å²) in [4.78, 5) is 14.7. The van der Waals surface area contributed by atoms with Gasteiger partial charge in [-0.05, 0) is 19.1 Å².